The topological polar surface area (TPSA) is 53.5 Å². The van der Waals surface area contributed by atoms with E-state index >= 15 is 0 Å². The Labute approximate surface area is 126 Å². The molecule has 1 aliphatic rings. The zero-order valence-electron chi connectivity index (χ0n) is 12.8. The number of amides is 1. The number of hydrogen-bond donors (Lipinski definition) is 0. The van der Waals surface area contributed by atoms with Gasteiger partial charge in [-0.2, -0.15) is 0 Å². The van der Waals surface area contributed by atoms with E-state index in [1.54, 1.807) is 11.1 Å². The van der Waals surface area contributed by atoms with Crippen LogP contribution in [0.4, 0.5) is 5.69 Å². The minimum atomic E-state index is -0.0363. The number of piperidine rings is 1. The van der Waals surface area contributed by atoms with Crippen LogP contribution in [0.2, 0.25) is 0 Å². The number of nitrogens with zero attached hydrogens (tertiary/aromatic N) is 3. The number of anilines is 1. The van der Waals surface area contributed by atoms with Gasteiger partial charge < -0.3 is 14.6 Å². The molecule has 0 aromatic carbocycles. The summed E-state index contributed by atoms with van der Waals surface area (Å²) in [6, 6.07) is 3.75. The van der Waals surface area contributed by atoms with Gasteiger partial charge in [0.25, 0.3) is 5.91 Å². The number of hydrogen-bond acceptors (Lipinski definition) is 4. The second kappa shape index (κ2) is 7.20. The zero-order valence-corrected chi connectivity index (χ0v) is 12.8. The molecule has 5 heteroatoms. The molecule has 1 fully saturated rings. The van der Waals surface area contributed by atoms with Crippen LogP contribution >= 0.6 is 0 Å². The number of aromatic nitrogens is 1. The summed E-state index contributed by atoms with van der Waals surface area (Å²) in [6.45, 7) is 6.94. The Hall–Kier alpha value is -1.91. The smallest absolute Gasteiger partial charge is 0.272 e. The summed E-state index contributed by atoms with van der Waals surface area (Å²) in [6.07, 6.45) is 4.67. The first-order valence-corrected chi connectivity index (χ1v) is 7.65. The van der Waals surface area contributed by atoms with E-state index in [2.05, 4.69) is 9.88 Å². The molecule has 0 spiro atoms. The average molecular weight is 289 g/mol. The fraction of sp³-hybridized carbons (Fsp3) is 0.562. The van der Waals surface area contributed by atoms with Crippen LogP contribution in [0.1, 0.15) is 37.2 Å². The fourth-order valence-electron chi connectivity index (χ4n) is 2.76. The van der Waals surface area contributed by atoms with Crippen molar-refractivity contribution in [1.82, 2.24) is 9.88 Å². The van der Waals surface area contributed by atoms with Crippen molar-refractivity contribution in [2.24, 2.45) is 5.92 Å². The Morgan fingerprint density at radius 2 is 2.24 bits per heavy atom. The van der Waals surface area contributed by atoms with Gasteiger partial charge in [0.2, 0.25) is 0 Å². The molecule has 1 aliphatic heterocycles. The molecule has 1 atom stereocenters. The minimum Gasteiger partial charge on any atom is -0.371 e. The van der Waals surface area contributed by atoms with Crippen LogP contribution in [-0.2, 0) is 4.79 Å². The maximum absolute atomic E-state index is 12.4. The first kappa shape index (κ1) is 15.5. The molecule has 0 bridgehead atoms. The standard InChI is InChI=1S/C16H23N3O2/c1-3-18(4-2)16(21)15-10-14(7-8-17-15)19-9-5-6-13(11-19)12-20/h7-8,10,12-13H,3-6,9,11H2,1-2H3. The van der Waals surface area contributed by atoms with Gasteiger partial charge >= 0.3 is 0 Å². The summed E-state index contributed by atoms with van der Waals surface area (Å²) in [7, 11) is 0. The SMILES string of the molecule is CCN(CC)C(=O)c1cc(N2CCCC(C=O)C2)ccn1. The average Bonchev–Trinajstić information content (AvgIpc) is 2.56. The third-order valence-corrected chi connectivity index (χ3v) is 4.03. The number of pyridine rings is 1. The van der Waals surface area contributed by atoms with Crippen molar-refractivity contribution in [2.75, 3.05) is 31.1 Å². The third kappa shape index (κ3) is 3.60. The quantitative estimate of drug-likeness (QED) is 0.778. The number of aldehydes is 1. The summed E-state index contributed by atoms with van der Waals surface area (Å²) in [4.78, 5) is 31.5. The van der Waals surface area contributed by atoms with Crippen LogP contribution in [-0.4, -0.2) is 48.3 Å². The molecule has 0 aliphatic carbocycles. The first-order valence-electron chi connectivity index (χ1n) is 7.65. The van der Waals surface area contributed by atoms with Crippen molar-refractivity contribution in [3.8, 4) is 0 Å². The summed E-state index contributed by atoms with van der Waals surface area (Å²) < 4.78 is 0. The Kier molecular flexibility index (Phi) is 5.31. The molecule has 0 radical (unpaired) electrons. The molecule has 114 valence electrons. The second-order valence-electron chi connectivity index (χ2n) is 5.36. The van der Waals surface area contributed by atoms with E-state index < -0.39 is 0 Å². The molecule has 0 N–H and O–H groups in total. The Morgan fingerprint density at radius 3 is 2.90 bits per heavy atom. The molecule has 1 aromatic heterocycles. The molecular formula is C16H23N3O2. The number of carbonyl (C=O) groups excluding carboxylic acids is 2. The van der Waals surface area contributed by atoms with Gasteiger partial charge in [0.1, 0.15) is 12.0 Å². The maximum Gasteiger partial charge on any atom is 0.272 e. The van der Waals surface area contributed by atoms with E-state index in [1.807, 2.05) is 26.0 Å². The largest absolute Gasteiger partial charge is 0.371 e. The third-order valence-electron chi connectivity index (χ3n) is 4.03. The molecule has 5 nitrogen and oxygen atoms in total. The summed E-state index contributed by atoms with van der Waals surface area (Å²) >= 11 is 0. The van der Waals surface area contributed by atoms with Gasteiger partial charge in [-0.15, -0.1) is 0 Å². The van der Waals surface area contributed by atoms with E-state index in [4.69, 9.17) is 0 Å². The Balaban J connectivity index is 2.17. The van der Waals surface area contributed by atoms with Gasteiger partial charge in [-0.3, -0.25) is 9.78 Å². The van der Waals surface area contributed by atoms with Crippen molar-refractivity contribution in [1.29, 1.82) is 0 Å². The molecule has 1 unspecified atom stereocenters. The van der Waals surface area contributed by atoms with Crippen molar-refractivity contribution < 1.29 is 9.59 Å². The summed E-state index contributed by atoms with van der Waals surface area (Å²) in [5.41, 5.74) is 1.46. The highest BCUT2D eigenvalue weighted by Gasteiger charge is 2.21. The van der Waals surface area contributed by atoms with Crippen molar-refractivity contribution >= 4 is 17.9 Å². The van der Waals surface area contributed by atoms with Gasteiger partial charge in [0.15, 0.2) is 0 Å². The highest BCUT2D eigenvalue weighted by molar-refractivity contribution is 5.93. The van der Waals surface area contributed by atoms with Crippen LogP contribution in [0.5, 0.6) is 0 Å². The predicted octanol–water partition coefficient (Wildman–Crippen LogP) is 1.98. The van der Waals surface area contributed by atoms with E-state index in [0.29, 0.717) is 18.8 Å². The molecule has 2 heterocycles. The van der Waals surface area contributed by atoms with Crippen LogP contribution < -0.4 is 4.90 Å². The summed E-state index contributed by atoms with van der Waals surface area (Å²) in [5, 5.41) is 0. The van der Waals surface area contributed by atoms with E-state index in [1.165, 1.54) is 0 Å². The predicted molar refractivity (Wildman–Crippen MR) is 82.5 cm³/mol. The maximum atomic E-state index is 12.4. The van der Waals surface area contributed by atoms with E-state index in [9.17, 15) is 9.59 Å². The molecule has 1 amide bonds. The van der Waals surface area contributed by atoms with Gasteiger partial charge in [0.05, 0.1) is 0 Å². The molecule has 21 heavy (non-hydrogen) atoms. The van der Waals surface area contributed by atoms with Crippen LogP contribution in [0.3, 0.4) is 0 Å². The molecule has 2 rings (SSSR count). The van der Waals surface area contributed by atoms with Crippen LogP contribution in [0, 0.1) is 5.92 Å². The lowest BCUT2D eigenvalue weighted by Crippen LogP contribution is -2.36. The lowest BCUT2D eigenvalue weighted by molar-refractivity contribution is -0.111. The normalized spacial score (nSPS) is 18.4. The fourth-order valence-corrected chi connectivity index (χ4v) is 2.76. The van der Waals surface area contributed by atoms with Gasteiger partial charge in [-0.25, -0.2) is 0 Å². The molecule has 0 saturated carbocycles. The number of rotatable bonds is 5. The number of carbonyl (C=O) groups is 2. The first-order chi connectivity index (χ1) is 10.2. The van der Waals surface area contributed by atoms with Crippen molar-refractivity contribution in [2.45, 2.75) is 26.7 Å². The zero-order chi connectivity index (χ0) is 15.2. The lowest BCUT2D eigenvalue weighted by atomic mass is 9.99. The van der Waals surface area contributed by atoms with E-state index in [-0.39, 0.29) is 11.8 Å². The molecule has 1 aromatic rings. The van der Waals surface area contributed by atoms with Crippen LogP contribution in [0.15, 0.2) is 18.3 Å². The highest BCUT2D eigenvalue weighted by Crippen LogP contribution is 2.22. The van der Waals surface area contributed by atoms with Gasteiger partial charge in [-0.05, 0) is 38.8 Å². The monoisotopic (exact) mass is 289 g/mol. The second-order valence-corrected chi connectivity index (χ2v) is 5.36. The Morgan fingerprint density at radius 1 is 1.48 bits per heavy atom. The van der Waals surface area contributed by atoms with Crippen LogP contribution in [0.25, 0.3) is 0 Å². The Bertz CT molecular complexity index is 500. The molecular weight excluding hydrogens is 266 g/mol. The highest BCUT2D eigenvalue weighted by atomic mass is 16.2. The lowest BCUT2D eigenvalue weighted by Gasteiger charge is -2.32. The van der Waals surface area contributed by atoms with Gasteiger partial charge in [-0.1, -0.05) is 0 Å². The minimum absolute atomic E-state index is 0.0363. The van der Waals surface area contributed by atoms with Crippen molar-refractivity contribution in [3.05, 3.63) is 24.0 Å². The van der Waals surface area contributed by atoms with Crippen molar-refractivity contribution in [3.63, 3.8) is 0 Å². The van der Waals surface area contributed by atoms with Gasteiger partial charge in [0, 0.05) is 44.0 Å². The summed E-state index contributed by atoms with van der Waals surface area (Å²) in [5.74, 6) is 0.0552. The van der Waals surface area contributed by atoms with E-state index in [0.717, 1.165) is 37.9 Å². The molecule has 1 saturated heterocycles.